The van der Waals surface area contributed by atoms with Crippen molar-refractivity contribution in [3.63, 3.8) is 0 Å². The topological polar surface area (TPSA) is 82.8 Å². The number of nitrogens with one attached hydrogen (secondary N) is 1. The molecule has 0 aliphatic carbocycles. The second kappa shape index (κ2) is 5.52. The highest BCUT2D eigenvalue weighted by molar-refractivity contribution is 5.84. The molecule has 2 aliphatic heterocycles. The van der Waals surface area contributed by atoms with Crippen LogP contribution >= 0.6 is 0 Å². The predicted octanol–water partition coefficient (Wildman–Crippen LogP) is 1.39. The quantitative estimate of drug-likeness (QED) is 0.879. The van der Waals surface area contributed by atoms with E-state index >= 15 is 0 Å². The molecule has 2 aliphatic rings. The van der Waals surface area contributed by atoms with Gasteiger partial charge in [0.05, 0.1) is 0 Å². The molecule has 2 atom stereocenters. The lowest BCUT2D eigenvalue weighted by Crippen LogP contribution is -2.53. The summed E-state index contributed by atoms with van der Waals surface area (Å²) in [5, 5.41) is 12.0. The predicted molar refractivity (Wildman–Crippen MR) is 75.0 cm³/mol. The van der Waals surface area contributed by atoms with Crippen molar-refractivity contribution in [1.82, 2.24) is 10.2 Å². The van der Waals surface area contributed by atoms with Crippen LogP contribution in [0, 0.1) is 12.8 Å². The largest absolute Gasteiger partial charge is 0.475 e. The lowest BCUT2D eigenvalue weighted by atomic mass is 9.85. The lowest BCUT2D eigenvalue weighted by Gasteiger charge is -2.41. The second-order valence-corrected chi connectivity index (χ2v) is 5.99. The summed E-state index contributed by atoms with van der Waals surface area (Å²) in [6.07, 6.45) is 2.51. The third kappa shape index (κ3) is 2.95. The smallest absolute Gasteiger partial charge is 0.371 e. The Morgan fingerprint density at radius 3 is 3.05 bits per heavy atom. The Kier molecular flexibility index (Phi) is 3.71. The van der Waals surface area contributed by atoms with E-state index < -0.39 is 5.97 Å². The van der Waals surface area contributed by atoms with Crippen LogP contribution in [0.25, 0.3) is 0 Å². The fourth-order valence-corrected chi connectivity index (χ4v) is 3.35. The minimum Gasteiger partial charge on any atom is -0.475 e. The first kappa shape index (κ1) is 14.1. The fourth-order valence-electron chi connectivity index (χ4n) is 3.35. The Balaban J connectivity index is 1.64. The van der Waals surface area contributed by atoms with Gasteiger partial charge in [-0.2, -0.15) is 0 Å². The van der Waals surface area contributed by atoms with E-state index in [0.29, 0.717) is 30.7 Å². The molecule has 0 aromatic carbocycles. The molecule has 6 nitrogen and oxygen atoms in total. The first-order chi connectivity index (χ1) is 10.0. The van der Waals surface area contributed by atoms with E-state index in [1.165, 1.54) is 0 Å². The van der Waals surface area contributed by atoms with Crippen molar-refractivity contribution in [2.24, 2.45) is 5.92 Å². The summed E-state index contributed by atoms with van der Waals surface area (Å²) in [6, 6.07) is 1.93. The zero-order chi connectivity index (χ0) is 15.0. The van der Waals surface area contributed by atoms with Crippen molar-refractivity contribution in [1.29, 1.82) is 0 Å². The molecule has 2 N–H and O–H groups in total. The van der Waals surface area contributed by atoms with Crippen molar-refractivity contribution in [2.45, 2.75) is 38.8 Å². The summed E-state index contributed by atoms with van der Waals surface area (Å²) < 4.78 is 5.26. The van der Waals surface area contributed by atoms with E-state index in [1.54, 1.807) is 13.0 Å². The van der Waals surface area contributed by atoms with Crippen LogP contribution in [0.1, 0.15) is 41.1 Å². The van der Waals surface area contributed by atoms with Crippen molar-refractivity contribution in [3.8, 4) is 0 Å². The van der Waals surface area contributed by atoms with E-state index in [2.05, 4.69) is 10.2 Å². The molecule has 3 rings (SSSR count). The highest BCUT2D eigenvalue weighted by Crippen LogP contribution is 2.27. The molecule has 2 unspecified atom stereocenters. The Labute approximate surface area is 123 Å². The molecular formula is C15H20N2O4. The van der Waals surface area contributed by atoms with Gasteiger partial charge in [0.15, 0.2) is 0 Å². The van der Waals surface area contributed by atoms with E-state index in [-0.39, 0.29) is 11.7 Å². The van der Waals surface area contributed by atoms with E-state index in [9.17, 15) is 9.59 Å². The van der Waals surface area contributed by atoms with Crippen LogP contribution in [0.15, 0.2) is 10.5 Å². The number of aryl methyl sites for hydroxylation is 1. The average Bonchev–Trinajstić information content (AvgIpc) is 2.81. The van der Waals surface area contributed by atoms with Crippen LogP contribution in [-0.4, -0.2) is 41.0 Å². The van der Waals surface area contributed by atoms with Crippen LogP contribution in [0.5, 0.6) is 0 Å². The summed E-state index contributed by atoms with van der Waals surface area (Å²) in [6.45, 7) is 4.36. The number of rotatable bonds is 3. The van der Waals surface area contributed by atoms with Gasteiger partial charge in [0.25, 0.3) is 0 Å². The average molecular weight is 292 g/mol. The number of carboxylic acids is 1. The van der Waals surface area contributed by atoms with E-state index in [1.807, 2.05) is 0 Å². The molecule has 21 heavy (non-hydrogen) atoms. The molecule has 3 heterocycles. The molecule has 0 saturated carbocycles. The SMILES string of the molecule is Cc1oc(C(=O)O)cc1CN1CCC2NC(=O)CCC2C1. The Bertz CT molecular complexity index is 566. The number of aromatic carboxylic acids is 1. The summed E-state index contributed by atoms with van der Waals surface area (Å²) in [4.78, 5) is 24.7. The molecule has 2 saturated heterocycles. The molecule has 0 bridgehead atoms. The number of hydrogen-bond acceptors (Lipinski definition) is 4. The van der Waals surface area contributed by atoms with Crippen LogP contribution in [0.4, 0.5) is 0 Å². The Morgan fingerprint density at radius 1 is 1.52 bits per heavy atom. The van der Waals surface area contributed by atoms with Gasteiger partial charge in [0.2, 0.25) is 11.7 Å². The number of furan rings is 1. The maximum atomic E-state index is 11.4. The van der Waals surface area contributed by atoms with Crippen molar-refractivity contribution in [3.05, 3.63) is 23.2 Å². The molecule has 114 valence electrons. The van der Waals surface area contributed by atoms with Gasteiger partial charge in [-0.15, -0.1) is 0 Å². The van der Waals surface area contributed by atoms with Gasteiger partial charge in [-0.05, 0) is 31.7 Å². The van der Waals surface area contributed by atoms with E-state index in [0.717, 1.165) is 31.5 Å². The number of piperidine rings is 2. The van der Waals surface area contributed by atoms with Crippen LogP contribution in [0.2, 0.25) is 0 Å². The summed E-state index contributed by atoms with van der Waals surface area (Å²) in [7, 11) is 0. The van der Waals surface area contributed by atoms with Gasteiger partial charge < -0.3 is 14.8 Å². The number of fused-ring (bicyclic) bond motifs is 1. The molecule has 1 aromatic heterocycles. The fraction of sp³-hybridized carbons (Fsp3) is 0.600. The third-order valence-corrected chi connectivity index (χ3v) is 4.53. The highest BCUT2D eigenvalue weighted by Gasteiger charge is 2.33. The molecule has 1 aromatic rings. The third-order valence-electron chi connectivity index (χ3n) is 4.53. The van der Waals surface area contributed by atoms with Crippen LogP contribution in [-0.2, 0) is 11.3 Å². The monoisotopic (exact) mass is 292 g/mol. The zero-order valence-corrected chi connectivity index (χ0v) is 12.1. The van der Waals surface area contributed by atoms with Gasteiger partial charge in [0.1, 0.15) is 5.76 Å². The normalized spacial score (nSPS) is 26.2. The maximum Gasteiger partial charge on any atom is 0.371 e. The van der Waals surface area contributed by atoms with Crippen molar-refractivity contribution >= 4 is 11.9 Å². The van der Waals surface area contributed by atoms with Crippen molar-refractivity contribution in [2.75, 3.05) is 13.1 Å². The molecule has 2 fully saturated rings. The molecule has 6 heteroatoms. The van der Waals surface area contributed by atoms with E-state index in [4.69, 9.17) is 9.52 Å². The second-order valence-electron chi connectivity index (χ2n) is 5.99. The molecule has 0 radical (unpaired) electrons. The molecule has 0 spiro atoms. The van der Waals surface area contributed by atoms with Crippen LogP contribution < -0.4 is 5.32 Å². The molecule has 1 amide bonds. The number of carboxylic acid groups (broad SMARTS) is 1. The number of nitrogens with zero attached hydrogens (tertiary/aromatic N) is 1. The minimum absolute atomic E-state index is 0.00214. The maximum absolute atomic E-state index is 11.4. The van der Waals surface area contributed by atoms with Crippen molar-refractivity contribution < 1.29 is 19.1 Å². The lowest BCUT2D eigenvalue weighted by molar-refractivity contribution is -0.125. The van der Waals surface area contributed by atoms with Gasteiger partial charge in [-0.1, -0.05) is 0 Å². The zero-order valence-electron chi connectivity index (χ0n) is 12.1. The minimum atomic E-state index is -1.03. The van der Waals surface area contributed by atoms with Crippen LogP contribution in [0.3, 0.4) is 0 Å². The standard InChI is InChI=1S/C15H20N2O4/c1-9-11(6-13(21-9)15(19)20)8-17-5-4-12-10(7-17)2-3-14(18)16-12/h6,10,12H,2-5,7-8H2,1H3,(H,16,18)(H,19,20). The number of carbonyl (C=O) groups is 2. The number of likely N-dealkylation sites (tertiary alicyclic amines) is 1. The summed E-state index contributed by atoms with van der Waals surface area (Å²) >= 11 is 0. The Hall–Kier alpha value is -1.82. The van der Waals surface area contributed by atoms with Gasteiger partial charge in [-0.25, -0.2) is 4.79 Å². The van der Waals surface area contributed by atoms with Gasteiger partial charge in [-0.3, -0.25) is 9.69 Å². The summed E-state index contributed by atoms with van der Waals surface area (Å²) in [5.74, 6) is 0.316. The first-order valence-electron chi connectivity index (χ1n) is 7.37. The summed E-state index contributed by atoms with van der Waals surface area (Å²) in [5.41, 5.74) is 0.936. The van der Waals surface area contributed by atoms with Gasteiger partial charge >= 0.3 is 5.97 Å². The Morgan fingerprint density at radius 2 is 2.33 bits per heavy atom. The number of amides is 1. The first-order valence-corrected chi connectivity index (χ1v) is 7.37. The number of hydrogen-bond donors (Lipinski definition) is 2. The highest BCUT2D eigenvalue weighted by atomic mass is 16.4. The molecular weight excluding hydrogens is 272 g/mol. The van der Waals surface area contributed by atoms with Gasteiger partial charge in [0, 0.05) is 37.7 Å². The number of carbonyl (C=O) groups excluding carboxylic acids is 1.